The molecule has 0 bridgehead atoms. The Morgan fingerprint density at radius 1 is 1.55 bits per heavy atom. The van der Waals surface area contributed by atoms with Crippen LogP contribution < -0.4 is 11.1 Å². The van der Waals surface area contributed by atoms with E-state index in [1.54, 1.807) is 24.1 Å². The fourth-order valence-electron chi connectivity index (χ4n) is 1.46. The molecule has 0 spiro atoms. The third-order valence-electron chi connectivity index (χ3n) is 2.45. The molecule has 8 nitrogen and oxygen atoms in total. The lowest BCUT2D eigenvalue weighted by Gasteiger charge is -2.11. The summed E-state index contributed by atoms with van der Waals surface area (Å²) in [6, 6.07) is -1.14. The topological polar surface area (TPSA) is 127 Å². The number of carbonyl (C=O) groups excluding carboxylic acids is 2. The second-order valence-corrected chi connectivity index (χ2v) is 4.19. The maximum Gasteiger partial charge on any atom is 0.326 e. The van der Waals surface area contributed by atoms with E-state index in [2.05, 4.69) is 10.4 Å². The maximum atomic E-state index is 11.6. The molecule has 1 aromatic heterocycles. The van der Waals surface area contributed by atoms with Gasteiger partial charge in [-0.25, -0.2) is 4.79 Å². The molecule has 0 saturated carbocycles. The van der Waals surface area contributed by atoms with Crippen molar-refractivity contribution < 1.29 is 19.5 Å². The Hall–Kier alpha value is -2.64. The lowest BCUT2D eigenvalue weighted by atomic mass is 10.1. The first kappa shape index (κ1) is 15.4. The van der Waals surface area contributed by atoms with Gasteiger partial charge in [0.1, 0.15) is 6.04 Å². The first-order valence-electron chi connectivity index (χ1n) is 5.87. The lowest BCUT2D eigenvalue weighted by molar-refractivity contribution is -0.141. The predicted octanol–water partition coefficient (Wildman–Crippen LogP) is -0.732. The van der Waals surface area contributed by atoms with Gasteiger partial charge in [0.05, 0.1) is 6.20 Å². The number of carbonyl (C=O) groups is 3. The van der Waals surface area contributed by atoms with Crippen molar-refractivity contribution in [2.24, 2.45) is 12.8 Å². The zero-order chi connectivity index (χ0) is 15.1. The van der Waals surface area contributed by atoms with E-state index in [0.29, 0.717) is 5.56 Å². The monoisotopic (exact) mass is 280 g/mol. The van der Waals surface area contributed by atoms with E-state index in [0.717, 1.165) is 0 Å². The van der Waals surface area contributed by atoms with E-state index >= 15 is 0 Å². The number of nitrogens with two attached hydrogens (primary N) is 1. The van der Waals surface area contributed by atoms with Crippen LogP contribution in [0.15, 0.2) is 18.5 Å². The third kappa shape index (κ3) is 5.34. The molecule has 0 fully saturated rings. The van der Waals surface area contributed by atoms with Crippen molar-refractivity contribution >= 4 is 23.9 Å². The molecule has 0 aromatic carbocycles. The summed E-state index contributed by atoms with van der Waals surface area (Å²) in [5.74, 6) is -2.39. The van der Waals surface area contributed by atoms with Crippen LogP contribution >= 0.6 is 0 Å². The van der Waals surface area contributed by atoms with Gasteiger partial charge in [0.2, 0.25) is 11.8 Å². The van der Waals surface area contributed by atoms with Gasteiger partial charge in [0.25, 0.3) is 0 Å². The number of primary amides is 1. The molecule has 0 radical (unpaired) electrons. The fourth-order valence-corrected chi connectivity index (χ4v) is 1.46. The number of hydrogen-bond donors (Lipinski definition) is 3. The zero-order valence-electron chi connectivity index (χ0n) is 10.9. The minimum absolute atomic E-state index is 0.0445. The summed E-state index contributed by atoms with van der Waals surface area (Å²) in [4.78, 5) is 33.1. The first-order valence-corrected chi connectivity index (χ1v) is 5.87. The standard InChI is InChI=1S/C12H16N4O4/c1-16-7-8(6-14-16)2-5-11(18)15-9(12(19)20)3-4-10(13)17/h2,5-7,9H,3-4H2,1H3,(H2,13,17)(H,15,18)(H,19,20)/b5-2+/t9-/m1/s1. The molecule has 0 unspecified atom stereocenters. The Bertz CT molecular complexity index is 535. The molecule has 1 atom stereocenters. The summed E-state index contributed by atoms with van der Waals surface area (Å²) in [7, 11) is 1.74. The van der Waals surface area contributed by atoms with Gasteiger partial charge >= 0.3 is 5.97 Å². The van der Waals surface area contributed by atoms with E-state index in [1.165, 1.54) is 12.2 Å². The van der Waals surface area contributed by atoms with E-state index in [-0.39, 0.29) is 12.8 Å². The van der Waals surface area contributed by atoms with Crippen LogP contribution in [0.1, 0.15) is 18.4 Å². The summed E-state index contributed by atoms with van der Waals surface area (Å²) >= 11 is 0. The van der Waals surface area contributed by atoms with Crippen molar-refractivity contribution in [2.75, 3.05) is 0 Å². The highest BCUT2D eigenvalue weighted by atomic mass is 16.4. The molecule has 20 heavy (non-hydrogen) atoms. The van der Waals surface area contributed by atoms with E-state index in [9.17, 15) is 14.4 Å². The summed E-state index contributed by atoms with van der Waals surface area (Å²) in [5.41, 5.74) is 5.66. The third-order valence-corrected chi connectivity index (χ3v) is 2.45. The minimum atomic E-state index is -1.21. The number of aromatic nitrogens is 2. The SMILES string of the molecule is Cn1cc(/C=C/C(=O)N[C@H](CCC(N)=O)C(=O)O)cn1. The molecule has 0 aliphatic rings. The molecule has 0 aliphatic carbocycles. The molecule has 0 saturated heterocycles. The van der Waals surface area contributed by atoms with Gasteiger partial charge in [-0.15, -0.1) is 0 Å². The van der Waals surface area contributed by atoms with Gasteiger partial charge in [-0.2, -0.15) is 5.10 Å². The molecule has 108 valence electrons. The molecule has 1 aromatic rings. The van der Waals surface area contributed by atoms with Crippen molar-refractivity contribution in [1.82, 2.24) is 15.1 Å². The number of aryl methyl sites for hydroxylation is 1. The van der Waals surface area contributed by atoms with E-state index in [4.69, 9.17) is 10.8 Å². The average Bonchev–Trinajstić information content (AvgIpc) is 2.77. The normalized spacial score (nSPS) is 12.2. The van der Waals surface area contributed by atoms with Gasteiger partial charge < -0.3 is 16.2 Å². The van der Waals surface area contributed by atoms with Gasteiger partial charge in [-0.05, 0) is 12.5 Å². The van der Waals surface area contributed by atoms with Gasteiger partial charge in [0, 0.05) is 31.3 Å². The first-order chi connectivity index (χ1) is 9.38. The number of rotatable bonds is 7. The quantitative estimate of drug-likeness (QED) is 0.567. The Morgan fingerprint density at radius 3 is 2.75 bits per heavy atom. The fraction of sp³-hybridized carbons (Fsp3) is 0.333. The number of carboxylic acids is 1. The smallest absolute Gasteiger partial charge is 0.326 e. The van der Waals surface area contributed by atoms with Crippen LogP contribution in [0.5, 0.6) is 0 Å². The Kier molecular flexibility index (Phi) is 5.45. The number of aliphatic carboxylic acids is 1. The number of nitrogens with zero attached hydrogens (tertiary/aromatic N) is 2. The maximum absolute atomic E-state index is 11.6. The second kappa shape index (κ2) is 7.07. The van der Waals surface area contributed by atoms with Crippen molar-refractivity contribution in [3.05, 3.63) is 24.0 Å². The van der Waals surface area contributed by atoms with Crippen LogP contribution in [-0.4, -0.2) is 38.7 Å². The number of nitrogens with one attached hydrogen (secondary N) is 1. The van der Waals surface area contributed by atoms with Gasteiger partial charge in [-0.1, -0.05) is 0 Å². The van der Waals surface area contributed by atoms with Gasteiger partial charge in [-0.3, -0.25) is 14.3 Å². The Labute approximate surface area is 115 Å². The summed E-state index contributed by atoms with van der Waals surface area (Å²) in [5, 5.41) is 15.1. The molecule has 4 N–H and O–H groups in total. The largest absolute Gasteiger partial charge is 0.480 e. The van der Waals surface area contributed by atoms with Crippen LogP contribution in [0, 0.1) is 0 Å². The number of carboxylic acid groups (broad SMARTS) is 1. The summed E-state index contributed by atoms with van der Waals surface area (Å²) in [6.45, 7) is 0. The molecule has 2 amide bonds. The molecule has 1 heterocycles. The minimum Gasteiger partial charge on any atom is -0.480 e. The highest BCUT2D eigenvalue weighted by Crippen LogP contribution is 2.01. The average molecular weight is 280 g/mol. The molecule has 0 aliphatic heterocycles. The van der Waals surface area contributed by atoms with Crippen molar-refractivity contribution in [3.63, 3.8) is 0 Å². The molecular weight excluding hydrogens is 264 g/mol. The predicted molar refractivity (Wildman–Crippen MR) is 70.2 cm³/mol. The van der Waals surface area contributed by atoms with Gasteiger partial charge in [0.15, 0.2) is 0 Å². The Morgan fingerprint density at radius 2 is 2.25 bits per heavy atom. The molecule has 8 heteroatoms. The lowest BCUT2D eigenvalue weighted by Crippen LogP contribution is -2.40. The number of hydrogen-bond acceptors (Lipinski definition) is 4. The number of amides is 2. The summed E-state index contributed by atoms with van der Waals surface area (Å²) < 4.78 is 1.57. The molecular formula is C12H16N4O4. The van der Waals surface area contributed by atoms with Crippen LogP contribution in [0.2, 0.25) is 0 Å². The van der Waals surface area contributed by atoms with E-state index in [1.807, 2.05) is 0 Å². The van der Waals surface area contributed by atoms with Crippen molar-refractivity contribution in [1.29, 1.82) is 0 Å². The van der Waals surface area contributed by atoms with E-state index < -0.39 is 23.8 Å². The summed E-state index contributed by atoms with van der Waals surface area (Å²) in [6.07, 6.45) is 5.82. The van der Waals surface area contributed by atoms with Crippen LogP contribution in [0.25, 0.3) is 6.08 Å². The molecule has 1 rings (SSSR count). The highest BCUT2D eigenvalue weighted by molar-refractivity contribution is 5.94. The second-order valence-electron chi connectivity index (χ2n) is 4.19. The van der Waals surface area contributed by atoms with Crippen LogP contribution in [-0.2, 0) is 21.4 Å². The highest BCUT2D eigenvalue weighted by Gasteiger charge is 2.19. The van der Waals surface area contributed by atoms with Crippen LogP contribution in [0.3, 0.4) is 0 Å². The van der Waals surface area contributed by atoms with Crippen LogP contribution in [0.4, 0.5) is 0 Å². The zero-order valence-corrected chi connectivity index (χ0v) is 10.9. The Balaban J connectivity index is 2.55. The van der Waals surface area contributed by atoms with Crippen molar-refractivity contribution in [2.45, 2.75) is 18.9 Å². The van der Waals surface area contributed by atoms with Crippen molar-refractivity contribution in [3.8, 4) is 0 Å².